The van der Waals surface area contributed by atoms with Gasteiger partial charge in [0.15, 0.2) is 0 Å². The van der Waals surface area contributed by atoms with Gasteiger partial charge in [0, 0.05) is 19.7 Å². The van der Waals surface area contributed by atoms with Crippen molar-refractivity contribution < 1.29 is 13.2 Å². The van der Waals surface area contributed by atoms with Crippen molar-refractivity contribution in [2.24, 2.45) is 0 Å². The highest BCUT2D eigenvalue weighted by Gasteiger charge is 2.11. The Hall–Kier alpha value is -0.170. The van der Waals surface area contributed by atoms with Gasteiger partial charge in [-0.2, -0.15) is 0 Å². The average Bonchev–Trinajstić information content (AvgIpc) is 2.46. The Morgan fingerprint density at radius 2 is 2.13 bits per heavy atom. The first-order valence-corrected chi connectivity index (χ1v) is 7.00. The van der Waals surface area contributed by atoms with E-state index in [1.165, 1.54) is 7.05 Å². The zero-order valence-electron chi connectivity index (χ0n) is 9.24. The molecule has 1 aliphatic rings. The van der Waals surface area contributed by atoms with Gasteiger partial charge in [-0.05, 0) is 26.4 Å². The SMILES string of the molecule is CNS(=O)(=O)CCCN1CCCOCC1. The molecular formula is C9H20N2O3S. The van der Waals surface area contributed by atoms with E-state index in [1.54, 1.807) is 0 Å². The largest absolute Gasteiger partial charge is 0.380 e. The molecule has 1 heterocycles. The summed E-state index contributed by atoms with van der Waals surface area (Å²) in [6.07, 6.45) is 1.72. The van der Waals surface area contributed by atoms with Crippen LogP contribution in [0.5, 0.6) is 0 Å². The molecule has 1 rings (SSSR count). The van der Waals surface area contributed by atoms with Gasteiger partial charge in [0.05, 0.1) is 12.4 Å². The van der Waals surface area contributed by atoms with E-state index in [0.29, 0.717) is 6.42 Å². The lowest BCUT2D eigenvalue weighted by Crippen LogP contribution is -2.30. The lowest BCUT2D eigenvalue weighted by Gasteiger charge is -2.18. The Bertz CT molecular complexity index is 259. The number of sulfonamides is 1. The normalized spacial score (nSPS) is 20.1. The van der Waals surface area contributed by atoms with E-state index in [-0.39, 0.29) is 5.75 Å². The van der Waals surface area contributed by atoms with Gasteiger partial charge in [-0.3, -0.25) is 0 Å². The van der Waals surface area contributed by atoms with Crippen molar-refractivity contribution in [1.29, 1.82) is 0 Å². The highest BCUT2D eigenvalue weighted by atomic mass is 32.2. The minimum absolute atomic E-state index is 0.209. The summed E-state index contributed by atoms with van der Waals surface area (Å²) in [4.78, 5) is 2.26. The summed E-state index contributed by atoms with van der Waals surface area (Å²) in [6.45, 7) is 4.35. The zero-order chi connectivity index (χ0) is 11.1. The van der Waals surface area contributed by atoms with Gasteiger partial charge in [-0.15, -0.1) is 0 Å². The second-order valence-corrected chi connectivity index (χ2v) is 5.73. The highest BCUT2D eigenvalue weighted by Crippen LogP contribution is 2.00. The third-order valence-corrected chi connectivity index (χ3v) is 3.96. The van der Waals surface area contributed by atoms with E-state index in [2.05, 4.69) is 9.62 Å². The fourth-order valence-electron chi connectivity index (χ4n) is 1.60. The van der Waals surface area contributed by atoms with Gasteiger partial charge >= 0.3 is 0 Å². The maximum absolute atomic E-state index is 11.2. The summed E-state index contributed by atoms with van der Waals surface area (Å²) in [5.41, 5.74) is 0. The molecular weight excluding hydrogens is 216 g/mol. The number of nitrogens with zero attached hydrogens (tertiary/aromatic N) is 1. The lowest BCUT2D eigenvalue weighted by molar-refractivity contribution is 0.141. The van der Waals surface area contributed by atoms with Crippen LogP contribution < -0.4 is 4.72 Å². The second kappa shape index (κ2) is 6.42. The fourth-order valence-corrected chi connectivity index (χ4v) is 2.31. The van der Waals surface area contributed by atoms with E-state index < -0.39 is 10.0 Å². The number of hydrogen-bond acceptors (Lipinski definition) is 4. The Morgan fingerprint density at radius 3 is 2.87 bits per heavy atom. The summed E-state index contributed by atoms with van der Waals surface area (Å²) in [6, 6.07) is 0. The molecule has 0 aliphatic carbocycles. The van der Waals surface area contributed by atoms with Crippen LogP contribution in [0.3, 0.4) is 0 Å². The molecule has 0 saturated carbocycles. The summed E-state index contributed by atoms with van der Waals surface area (Å²) >= 11 is 0. The van der Waals surface area contributed by atoms with Crippen LogP contribution in [0.4, 0.5) is 0 Å². The molecule has 0 aromatic carbocycles. The van der Waals surface area contributed by atoms with Crippen LogP contribution in [0.15, 0.2) is 0 Å². The van der Waals surface area contributed by atoms with Gasteiger partial charge in [0.2, 0.25) is 10.0 Å². The third-order valence-electron chi connectivity index (χ3n) is 2.51. The van der Waals surface area contributed by atoms with Gasteiger partial charge < -0.3 is 9.64 Å². The predicted octanol–water partition coefficient (Wildman–Crippen LogP) is -0.352. The zero-order valence-corrected chi connectivity index (χ0v) is 10.1. The van der Waals surface area contributed by atoms with E-state index in [0.717, 1.165) is 39.3 Å². The molecule has 0 unspecified atom stereocenters. The summed E-state index contributed by atoms with van der Waals surface area (Å²) in [5.74, 6) is 0.209. The number of hydrogen-bond donors (Lipinski definition) is 1. The van der Waals surface area contributed by atoms with E-state index in [9.17, 15) is 8.42 Å². The molecule has 0 spiro atoms. The molecule has 0 amide bonds. The summed E-state index contributed by atoms with van der Waals surface area (Å²) in [7, 11) is -1.58. The maximum Gasteiger partial charge on any atom is 0.211 e. The molecule has 1 aliphatic heterocycles. The van der Waals surface area contributed by atoms with Gasteiger partial charge in [-0.1, -0.05) is 0 Å². The van der Waals surface area contributed by atoms with Crippen molar-refractivity contribution in [2.45, 2.75) is 12.8 Å². The molecule has 0 aromatic heterocycles. The lowest BCUT2D eigenvalue weighted by atomic mass is 10.3. The smallest absolute Gasteiger partial charge is 0.211 e. The predicted molar refractivity (Wildman–Crippen MR) is 59.3 cm³/mol. The van der Waals surface area contributed by atoms with Crippen LogP contribution in [0.25, 0.3) is 0 Å². The molecule has 0 radical (unpaired) electrons. The molecule has 6 heteroatoms. The minimum Gasteiger partial charge on any atom is -0.380 e. The van der Waals surface area contributed by atoms with Crippen LogP contribution in [-0.4, -0.2) is 59.0 Å². The van der Waals surface area contributed by atoms with Crippen molar-refractivity contribution in [2.75, 3.05) is 45.6 Å². The van der Waals surface area contributed by atoms with Crippen LogP contribution in [0, 0.1) is 0 Å². The molecule has 0 atom stereocenters. The summed E-state index contributed by atoms with van der Waals surface area (Å²) in [5, 5.41) is 0. The third kappa shape index (κ3) is 5.46. The van der Waals surface area contributed by atoms with Crippen molar-refractivity contribution in [3.63, 3.8) is 0 Å². The standard InChI is InChI=1S/C9H20N2O3S/c1-10-15(12,13)9-3-5-11-4-2-7-14-8-6-11/h10H,2-9H2,1H3. The maximum atomic E-state index is 11.2. The molecule has 5 nitrogen and oxygen atoms in total. The van der Waals surface area contributed by atoms with Crippen LogP contribution in [0.1, 0.15) is 12.8 Å². The first-order chi connectivity index (χ1) is 7.14. The van der Waals surface area contributed by atoms with E-state index in [4.69, 9.17) is 4.74 Å². The molecule has 1 saturated heterocycles. The Balaban J connectivity index is 2.18. The molecule has 1 fully saturated rings. The first kappa shape index (κ1) is 12.9. The Labute approximate surface area is 91.8 Å². The van der Waals surface area contributed by atoms with Gasteiger partial charge in [-0.25, -0.2) is 13.1 Å². The molecule has 15 heavy (non-hydrogen) atoms. The molecule has 0 aromatic rings. The van der Waals surface area contributed by atoms with Crippen LogP contribution in [-0.2, 0) is 14.8 Å². The van der Waals surface area contributed by atoms with Gasteiger partial charge in [0.25, 0.3) is 0 Å². The van der Waals surface area contributed by atoms with Crippen LogP contribution >= 0.6 is 0 Å². The topological polar surface area (TPSA) is 58.6 Å². The Morgan fingerprint density at radius 1 is 1.33 bits per heavy atom. The van der Waals surface area contributed by atoms with Crippen molar-refractivity contribution in [3.8, 4) is 0 Å². The summed E-state index contributed by atoms with van der Waals surface area (Å²) < 4.78 is 30.0. The van der Waals surface area contributed by atoms with Crippen molar-refractivity contribution >= 4 is 10.0 Å². The van der Waals surface area contributed by atoms with Crippen LogP contribution in [0.2, 0.25) is 0 Å². The first-order valence-electron chi connectivity index (χ1n) is 5.35. The number of rotatable bonds is 5. The number of nitrogens with one attached hydrogen (secondary N) is 1. The quantitative estimate of drug-likeness (QED) is 0.709. The fraction of sp³-hybridized carbons (Fsp3) is 1.00. The average molecular weight is 236 g/mol. The van der Waals surface area contributed by atoms with Crippen molar-refractivity contribution in [1.82, 2.24) is 9.62 Å². The monoisotopic (exact) mass is 236 g/mol. The molecule has 90 valence electrons. The molecule has 0 bridgehead atoms. The molecule has 1 N–H and O–H groups in total. The minimum atomic E-state index is -3.04. The Kier molecular flexibility index (Phi) is 5.52. The van der Waals surface area contributed by atoms with Crippen molar-refractivity contribution in [3.05, 3.63) is 0 Å². The van der Waals surface area contributed by atoms with E-state index in [1.807, 2.05) is 0 Å². The second-order valence-electron chi connectivity index (χ2n) is 3.68. The van der Waals surface area contributed by atoms with E-state index >= 15 is 0 Å². The highest BCUT2D eigenvalue weighted by molar-refractivity contribution is 7.89. The number of ether oxygens (including phenoxy) is 1. The van der Waals surface area contributed by atoms with Gasteiger partial charge in [0.1, 0.15) is 0 Å².